The summed E-state index contributed by atoms with van der Waals surface area (Å²) in [5.74, 6) is 0.831. The van der Waals surface area contributed by atoms with E-state index >= 15 is 0 Å². The Kier molecular flexibility index (Phi) is 7.41. The first-order valence-electron chi connectivity index (χ1n) is 9.29. The van der Waals surface area contributed by atoms with Crippen molar-refractivity contribution >= 4 is 5.97 Å². The summed E-state index contributed by atoms with van der Waals surface area (Å²) in [7, 11) is 0. The van der Waals surface area contributed by atoms with Gasteiger partial charge in [-0.1, -0.05) is 56.3 Å². The molecule has 0 heterocycles. The second-order valence-electron chi connectivity index (χ2n) is 7.25. The number of carboxylic acids is 1. The average Bonchev–Trinajstić information content (AvgIpc) is 2.69. The third kappa shape index (κ3) is 5.74. The van der Waals surface area contributed by atoms with E-state index in [0.29, 0.717) is 5.56 Å². The van der Waals surface area contributed by atoms with Crippen molar-refractivity contribution in [3.63, 3.8) is 0 Å². The summed E-state index contributed by atoms with van der Waals surface area (Å²) in [6.07, 6.45) is 3.99. The van der Waals surface area contributed by atoms with E-state index in [1.165, 1.54) is 5.56 Å². The largest absolute Gasteiger partial charge is 0.481 e. The van der Waals surface area contributed by atoms with Gasteiger partial charge in [0.15, 0.2) is 0 Å². The monoisotopic (exact) mass is 349 g/mol. The molecule has 2 aromatic rings. The minimum Gasteiger partial charge on any atom is -0.481 e. The van der Waals surface area contributed by atoms with Gasteiger partial charge in [0, 0.05) is 0 Å². The Hall–Kier alpha value is -2.60. The quantitative estimate of drug-likeness (QED) is 0.766. The fourth-order valence-corrected chi connectivity index (χ4v) is 3.40. The lowest BCUT2D eigenvalue weighted by Crippen LogP contribution is -2.23. The van der Waals surface area contributed by atoms with Gasteiger partial charge in [-0.15, -0.1) is 0 Å². The normalized spacial score (nSPS) is 19.2. The molecule has 26 heavy (non-hydrogen) atoms. The number of carboxylic acid groups (broad SMARTS) is 1. The van der Waals surface area contributed by atoms with E-state index in [9.17, 15) is 4.79 Å². The Bertz CT molecular complexity index is 721. The van der Waals surface area contributed by atoms with E-state index in [4.69, 9.17) is 10.4 Å². The molecule has 0 atom stereocenters. The van der Waals surface area contributed by atoms with Crippen LogP contribution >= 0.6 is 0 Å². The lowest BCUT2D eigenvalue weighted by Gasteiger charge is -2.28. The van der Waals surface area contributed by atoms with Crippen LogP contribution in [0.2, 0.25) is 0 Å². The van der Waals surface area contributed by atoms with Crippen LogP contribution in [0.5, 0.6) is 0 Å². The highest BCUT2D eigenvalue weighted by molar-refractivity contribution is 5.70. The molecule has 3 nitrogen and oxygen atoms in total. The smallest absolute Gasteiger partial charge is 0.306 e. The summed E-state index contributed by atoms with van der Waals surface area (Å²) < 4.78 is 0. The summed E-state index contributed by atoms with van der Waals surface area (Å²) in [6.45, 7) is 4.46. The van der Waals surface area contributed by atoms with Gasteiger partial charge in [-0.25, -0.2) is 0 Å². The molecule has 1 saturated carbocycles. The number of carbonyl (C=O) groups is 1. The third-order valence-corrected chi connectivity index (χ3v) is 5.19. The maximum Gasteiger partial charge on any atom is 0.306 e. The standard InChI is InChI=1S/C13H9N.C10H18O2/c14-10-11-6-8-13(9-7-11)12-4-2-1-3-5-12;1-7(2)8-3-5-9(6-4-8)10(11)12/h1-9H;7-9H,3-6H2,1-2H3,(H,11,12). The zero-order valence-electron chi connectivity index (χ0n) is 15.6. The van der Waals surface area contributed by atoms with Crippen LogP contribution in [0.3, 0.4) is 0 Å². The van der Waals surface area contributed by atoms with E-state index in [1.807, 2.05) is 42.5 Å². The highest BCUT2D eigenvalue weighted by Gasteiger charge is 2.26. The van der Waals surface area contributed by atoms with Gasteiger partial charge < -0.3 is 5.11 Å². The number of hydrogen-bond acceptors (Lipinski definition) is 2. The van der Waals surface area contributed by atoms with Crippen LogP contribution in [0, 0.1) is 29.1 Å². The zero-order chi connectivity index (χ0) is 18.9. The predicted octanol–water partition coefficient (Wildman–Crippen LogP) is 5.76. The van der Waals surface area contributed by atoms with Crippen LogP contribution in [-0.2, 0) is 4.79 Å². The van der Waals surface area contributed by atoms with Crippen LogP contribution in [0.25, 0.3) is 11.1 Å². The van der Waals surface area contributed by atoms with E-state index in [-0.39, 0.29) is 5.92 Å². The molecular formula is C23H27NO2. The second kappa shape index (κ2) is 9.77. The summed E-state index contributed by atoms with van der Waals surface area (Å²) in [5.41, 5.74) is 3.02. The molecule has 136 valence electrons. The van der Waals surface area contributed by atoms with Gasteiger partial charge in [0.25, 0.3) is 0 Å². The molecule has 3 rings (SSSR count). The Labute approximate surface area is 156 Å². The van der Waals surface area contributed by atoms with Crippen molar-refractivity contribution in [3.8, 4) is 17.2 Å². The molecule has 1 aliphatic rings. The first-order chi connectivity index (χ1) is 12.5. The van der Waals surface area contributed by atoms with E-state index in [0.717, 1.165) is 43.1 Å². The molecule has 0 aliphatic heterocycles. The molecule has 2 aromatic carbocycles. The van der Waals surface area contributed by atoms with Gasteiger partial charge in [0.2, 0.25) is 0 Å². The minimum atomic E-state index is -0.600. The van der Waals surface area contributed by atoms with Crippen LogP contribution in [0.4, 0.5) is 0 Å². The van der Waals surface area contributed by atoms with Gasteiger partial charge in [0.1, 0.15) is 0 Å². The average molecular weight is 349 g/mol. The summed E-state index contributed by atoms with van der Waals surface area (Å²) in [4.78, 5) is 10.6. The first-order valence-corrected chi connectivity index (χ1v) is 9.29. The van der Waals surface area contributed by atoms with E-state index in [1.54, 1.807) is 0 Å². The summed E-state index contributed by atoms with van der Waals surface area (Å²) in [6, 6.07) is 19.8. The summed E-state index contributed by atoms with van der Waals surface area (Å²) in [5, 5.41) is 17.4. The van der Waals surface area contributed by atoms with Gasteiger partial charge in [0.05, 0.1) is 17.6 Å². The fraction of sp³-hybridized carbons (Fsp3) is 0.391. The van der Waals surface area contributed by atoms with Crippen LogP contribution in [0.15, 0.2) is 54.6 Å². The van der Waals surface area contributed by atoms with Gasteiger partial charge >= 0.3 is 5.97 Å². The van der Waals surface area contributed by atoms with Crippen molar-refractivity contribution in [1.29, 1.82) is 5.26 Å². The molecule has 1 N–H and O–H groups in total. The molecule has 0 radical (unpaired) electrons. The minimum absolute atomic E-state index is 0.0556. The van der Waals surface area contributed by atoms with E-state index < -0.39 is 5.97 Å². The maximum absolute atomic E-state index is 10.6. The topological polar surface area (TPSA) is 61.1 Å². The summed E-state index contributed by atoms with van der Waals surface area (Å²) >= 11 is 0. The second-order valence-corrected chi connectivity index (χ2v) is 7.25. The highest BCUT2D eigenvalue weighted by atomic mass is 16.4. The molecule has 0 unspecified atom stereocenters. The van der Waals surface area contributed by atoms with Crippen LogP contribution in [-0.4, -0.2) is 11.1 Å². The van der Waals surface area contributed by atoms with Crippen molar-refractivity contribution in [3.05, 3.63) is 60.2 Å². The van der Waals surface area contributed by atoms with Crippen LogP contribution in [0.1, 0.15) is 45.1 Å². The van der Waals surface area contributed by atoms with Crippen molar-refractivity contribution < 1.29 is 9.90 Å². The first kappa shape index (κ1) is 19.7. The molecule has 0 bridgehead atoms. The Morgan fingerprint density at radius 3 is 1.96 bits per heavy atom. The molecule has 0 saturated heterocycles. The number of hydrogen-bond donors (Lipinski definition) is 1. The number of aliphatic carboxylic acids is 1. The number of nitriles is 1. The lowest BCUT2D eigenvalue weighted by atomic mass is 9.77. The number of benzene rings is 2. The van der Waals surface area contributed by atoms with E-state index in [2.05, 4.69) is 32.0 Å². The Morgan fingerprint density at radius 1 is 0.962 bits per heavy atom. The van der Waals surface area contributed by atoms with Crippen molar-refractivity contribution in [2.24, 2.45) is 17.8 Å². The zero-order valence-corrected chi connectivity index (χ0v) is 15.6. The molecule has 0 spiro atoms. The van der Waals surface area contributed by atoms with Crippen molar-refractivity contribution in [2.45, 2.75) is 39.5 Å². The maximum atomic E-state index is 10.6. The van der Waals surface area contributed by atoms with Crippen molar-refractivity contribution in [1.82, 2.24) is 0 Å². The number of nitrogens with zero attached hydrogens (tertiary/aromatic N) is 1. The van der Waals surface area contributed by atoms with Gasteiger partial charge in [-0.05, 0) is 60.8 Å². The number of rotatable bonds is 3. The third-order valence-electron chi connectivity index (χ3n) is 5.19. The molecule has 1 fully saturated rings. The molecular weight excluding hydrogens is 322 g/mol. The SMILES string of the molecule is CC(C)C1CCC(C(=O)O)CC1.N#Cc1ccc(-c2ccccc2)cc1. The highest BCUT2D eigenvalue weighted by Crippen LogP contribution is 2.33. The predicted molar refractivity (Wildman–Crippen MR) is 105 cm³/mol. The van der Waals surface area contributed by atoms with Gasteiger partial charge in [-0.2, -0.15) is 5.26 Å². The molecule has 0 amide bonds. The fourth-order valence-electron chi connectivity index (χ4n) is 3.40. The van der Waals surface area contributed by atoms with Gasteiger partial charge in [-0.3, -0.25) is 4.79 Å². The Balaban J connectivity index is 0.000000190. The van der Waals surface area contributed by atoms with Crippen LogP contribution < -0.4 is 0 Å². The molecule has 0 aromatic heterocycles. The molecule has 1 aliphatic carbocycles. The van der Waals surface area contributed by atoms with Crippen molar-refractivity contribution in [2.75, 3.05) is 0 Å². The Morgan fingerprint density at radius 2 is 1.50 bits per heavy atom. The lowest BCUT2D eigenvalue weighted by molar-refractivity contribution is -0.143. The molecule has 3 heteroatoms.